The lowest BCUT2D eigenvalue weighted by Crippen LogP contribution is -2.12. The molecule has 1 N–H and O–H groups in total. The summed E-state index contributed by atoms with van der Waals surface area (Å²) in [7, 11) is 0. The fourth-order valence-corrected chi connectivity index (χ4v) is 3.04. The Bertz CT molecular complexity index is 931. The van der Waals surface area contributed by atoms with Crippen molar-refractivity contribution in [1.82, 2.24) is 4.98 Å². The number of ether oxygens (including phenoxy) is 1. The largest absolute Gasteiger partial charge is 0.461 e. The van der Waals surface area contributed by atoms with E-state index in [1.165, 1.54) is 5.38 Å². The number of carbonyl (C=O) groups excluding carboxylic acids is 2. The predicted molar refractivity (Wildman–Crippen MR) is 92.0 cm³/mol. The van der Waals surface area contributed by atoms with Gasteiger partial charge in [0.05, 0.1) is 6.61 Å². The third kappa shape index (κ3) is 3.13. The molecule has 3 rings (SSSR count). The molecule has 0 spiro atoms. The van der Waals surface area contributed by atoms with Gasteiger partial charge in [0.15, 0.2) is 16.6 Å². The lowest BCUT2D eigenvalue weighted by Gasteiger charge is -1.99. The number of carbonyl (C=O) groups is 2. The molecular weight excluding hydrogens is 352 g/mol. The molecule has 0 aliphatic rings. The van der Waals surface area contributed by atoms with E-state index in [4.69, 9.17) is 20.8 Å². The zero-order valence-electron chi connectivity index (χ0n) is 12.9. The summed E-state index contributed by atoms with van der Waals surface area (Å²) in [5.41, 5.74) is 1.42. The Kier molecular flexibility index (Phi) is 4.55. The standard InChI is InChI=1S/C16H13ClN2O4S/c1-3-22-15(21)11-7-24-16(18-11)19-14(20)13-8(2)10-6-9(17)4-5-12(10)23-13/h4-7H,3H2,1-2H3,(H,18,19,20). The van der Waals surface area contributed by atoms with Crippen LogP contribution in [0.4, 0.5) is 5.13 Å². The quantitative estimate of drug-likeness (QED) is 0.699. The number of nitrogens with zero attached hydrogens (tertiary/aromatic N) is 1. The lowest BCUT2D eigenvalue weighted by molar-refractivity contribution is 0.0520. The molecule has 0 aliphatic heterocycles. The van der Waals surface area contributed by atoms with Gasteiger partial charge in [-0.3, -0.25) is 10.1 Å². The highest BCUT2D eigenvalue weighted by Crippen LogP contribution is 2.28. The molecule has 0 unspecified atom stereocenters. The molecule has 0 saturated carbocycles. The number of rotatable bonds is 4. The number of amides is 1. The number of nitrogens with one attached hydrogen (secondary N) is 1. The monoisotopic (exact) mass is 364 g/mol. The van der Waals surface area contributed by atoms with Crippen molar-refractivity contribution in [1.29, 1.82) is 0 Å². The molecule has 1 aromatic carbocycles. The normalized spacial score (nSPS) is 10.8. The summed E-state index contributed by atoms with van der Waals surface area (Å²) in [4.78, 5) is 28.0. The Hall–Kier alpha value is -2.38. The SMILES string of the molecule is CCOC(=O)c1csc(NC(=O)c2oc3ccc(Cl)cc3c2C)n1. The van der Waals surface area contributed by atoms with Crippen molar-refractivity contribution in [2.45, 2.75) is 13.8 Å². The Labute approximate surface area is 146 Å². The van der Waals surface area contributed by atoms with Crippen LogP contribution >= 0.6 is 22.9 Å². The molecule has 0 bridgehead atoms. The number of aromatic nitrogens is 1. The molecule has 0 saturated heterocycles. The maximum Gasteiger partial charge on any atom is 0.357 e. The van der Waals surface area contributed by atoms with Gasteiger partial charge in [0.2, 0.25) is 0 Å². The number of benzene rings is 1. The van der Waals surface area contributed by atoms with Gasteiger partial charge in [-0.25, -0.2) is 9.78 Å². The summed E-state index contributed by atoms with van der Waals surface area (Å²) in [6.45, 7) is 3.76. The highest BCUT2D eigenvalue weighted by Gasteiger charge is 2.20. The van der Waals surface area contributed by atoms with Gasteiger partial charge in [-0.1, -0.05) is 11.6 Å². The molecular formula is C16H13ClN2O4S. The van der Waals surface area contributed by atoms with Crippen molar-refractivity contribution in [3.8, 4) is 0 Å². The number of esters is 1. The topological polar surface area (TPSA) is 81.4 Å². The van der Waals surface area contributed by atoms with E-state index in [1.54, 1.807) is 32.0 Å². The summed E-state index contributed by atoms with van der Waals surface area (Å²) >= 11 is 7.11. The first-order valence-corrected chi connectivity index (χ1v) is 8.38. The third-order valence-corrected chi connectivity index (χ3v) is 4.31. The molecule has 8 heteroatoms. The van der Waals surface area contributed by atoms with Crippen molar-refractivity contribution in [3.05, 3.63) is 45.6 Å². The predicted octanol–water partition coefficient (Wildman–Crippen LogP) is 4.28. The van der Waals surface area contributed by atoms with Crippen molar-refractivity contribution < 1.29 is 18.7 Å². The Balaban J connectivity index is 1.83. The smallest absolute Gasteiger partial charge is 0.357 e. The van der Waals surface area contributed by atoms with E-state index in [2.05, 4.69) is 10.3 Å². The Morgan fingerprint density at radius 3 is 2.96 bits per heavy atom. The van der Waals surface area contributed by atoms with Crippen molar-refractivity contribution in [3.63, 3.8) is 0 Å². The zero-order valence-corrected chi connectivity index (χ0v) is 14.5. The molecule has 0 aliphatic carbocycles. The molecule has 2 heterocycles. The van der Waals surface area contributed by atoms with Crippen LogP contribution in [0.15, 0.2) is 28.0 Å². The Morgan fingerprint density at radius 2 is 2.21 bits per heavy atom. The number of furan rings is 1. The van der Waals surface area contributed by atoms with Crippen LogP contribution in [-0.2, 0) is 4.74 Å². The van der Waals surface area contributed by atoms with Crippen LogP contribution < -0.4 is 5.32 Å². The molecule has 124 valence electrons. The minimum Gasteiger partial charge on any atom is -0.461 e. The molecule has 24 heavy (non-hydrogen) atoms. The van der Waals surface area contributed by atoms with Crippen LogP contribution in [0, 0.1) is 6.92 Å². The minimum atomic E-state index is -0.524. The highest BCUT2D eigenvalue weighted by molar-refractivity contribution is 7.14. The number of fused-ring (bicyclic) bond motifs is 1. The average Bonchev–Trinajstić information content (AvgIpc) is 3.13. The first kappa shape index (κ1) is 16.5. The van der Waals surface area contributed by atoms with Gasteiger partial charge in [-0.2, -0.15) is 0 Å². The first-order valence-electron chi connectivity index (χ1n) is 7.12. The fraction of sp³-hybridized carbons (Fsp3) is 0.188. The third-order valence-electron chi connectivity index (χ3n) is 3.31. The summed E-state index contributed by atoms with van der Waals surface area (Å²) < 4.78 is 10.5. The summed E-state index contributed by atoms with van der Waals surface area (Å²) in [5.74, 6) is -0.784. The van der Waals surface area contributed by atoms with Crippen LogP contribution in [0.2, 0.25) is 5.02 Å². The van der Waals surface area contributed by atoms with Crippen LogP contribution in [-0.4, -0.2) is 23.5 Å². The van der Waals surface area contributed by atoms with Gasteiger partial charge in [0.1, 0.15) is 5.58 Å². The second-order valence-electron chi connectivity index (χ2n) is 4.91. The Morgan fingerprint density at radius 1 is 1.42 bits per heavy atom. The number of aryl methyl sites for hydroxylation is 1. The van der Waals surface area contributed by atoms with Gasteiger partial charge in [-0.05, 0) is 32.0 Å². The van der Waals surface area contributed by atoms with Crippen LogP contribution in [0.5, 0.6) is 0 Å². The van der Waals surface area contributed by atoms with E-state index in [1.807, 2.05) is 0 Å². The van der Waals surface area contributed by atoms with Gasteiger partial charge >= 0.3 is 5.97 Å². The molecule has 2 aromatic heterocycles. The molecule has 0 radical (unpaired) electrons. The maximum atomic E-state index is 12.4. The zero-order chi connectivity index (χ0) is 17.3. The number of anilines is 1. The number of halogens is 1. The van der Waals surface area contributed by atoms with E-state index >= 15 is 0 Å². The molecule has 0 atom stereocenters. The van der Waals surface area contributed by atoms with E-state index in [-0.39, 0.29) is 18.1 Å². The van der Waals surface area contributed by atoms with Gasteiger partial charge in [0, 0.05) is 21.4 Å². The maximum absolute atomic E-state index is 12.4. The molecule has 6 nitrogen and oxygen atoms in total. The second kappa shape index (κ2) is 6.62. The van der Waals surface area contributed by atoms with E-state index in [0.29, 0.717) is 21.3 Å². The van der Waals surface area contributed by atoms with Gasteiger partial charge < -0.3 is 9.15 Å². The van der Waals surface area contributed by atoms with Gasteiger partial charge in [-0.15, -0.1) is 11.3 Å². The number of hydrogen-bond acceptors (Lipinski definition) is 6. The van der Waals surface area contributed by atoms with Gasteiger partial charge in [0.25, 0.3) is 5.91 Å². The van der Waals surface area contributed by atoms with E-state index in [0.717, 1.165) is 16.7 Å². The molecule has 1 amide bonds. The van der Waals surface area contributed by atoms with Crippen LogP contribution in [0.3, 0.4) is 0 Å². The molecule has 0 fully saturated rings. The first-order chi connectivity index (χ1) is 11.5. The average molecular weight is 365 g/mol. The highest BCUT2D eigenvalue weighted by atomic mass is 35.5. The van der Waals surface area contributed by atoms with Crippen LogP contribution in [0.1, 0.15) is 33.5 Å². The number of thiazole rings is 1. The molecule has 3 aromatic rings. The summed E-state index contributed by atoms with van der Waals surface area (Å²) in [6, 6.07) is 5.15. The van der Waals surface area contributed by atoms with E-state index < -0.39 is 11.9 Å². The van der Waals surface area contributed by atoms with E-state index in [9.17, 15) is 9.59 Å². The van der Waals surface area contributed by atoms with Crippen molar-refractivity contribution in [2.24, 2.45) is 0 Å². The van der Waals surface area contributed by atoms with Crippen molar-refractivity contribution in [2.75, 3.05) is 11.9 Å². The second-order valence-corrected chi connectivity index (χ2v) is 6.20. The number of hydrogen-bond donors (Lipinski definition) is 1. The fourth-order valence-electron chi connectivity index (χ4n) is 2.19. The minimum absolute atomic E-state index is 0.158. The lowest BCUT2D eigenvalue weighted by atomic mass is 10.1. The summed E-state index contributed by atoms with van der Waals surface area (Å²) in [6.07, 6.45) is 0. The van der Waals surface area contributed by atoms with Crippen LogP contribution in [0.25, 0.3) is 11.0 Å². The van der Waals surface area contributed by atoms with Crippen molar-refractivity contribution >= 4 is 50.9 Å². The summed E-state index contributed by atoms with van der Waals surface area (Å²) in [5, 5.41) is 5.79.